The Labute approximate surface area is 69.4 Å². The Hall–Kier alpha value is -0.0151. The Morgan fingerprint density at radius 3 is 1.73 bits per heavy atom. The molecule has 0 bridgehead atoms. The normalized spacial score (nSPS) is 39.7. The zero-order valence-corrected chi connectivity index (χ0v) is 7.59. The second-order valence-corrected chi connectivity index (χ2v) is 4.56. The summed E-state index contributed by atoms with van der Waals surface area (Å²) in [4.78, 5) is 0. The molecule has 0 aromatic carbocycles. The highest BCUT2D eigenvalue weighted by Crippen LogP contribution is 2.54. The highest BCUT2D eigenvalue weighted by molar-refractivity contribution is 5.98. The predicted molar refractivity (Wildman–Crippen MR) is 44.2 cm³/mol. The molecule has 1 saturated carbocycles. The lowest BCUT2D eigenvalue weighted by Crippen LogP contribution is -2.68. The summed E-state index contributed by atoms with van der Waals surface area (Å²) < 4.78 is 4.83. The van der Waals surface area contributed by atoms with E-state index in [0.29, 0.717) is 0 Å². The molecule has 1 fully saturated rings. The van der Waals surface area contributed by atoms with E-state index in [2.05, 4.69) is 0 Å². The Kier molecular flexibility index (Phi) is 1.85. The van der Waals surface area contributed by atoms with Gasteiger partial charge in [0.2, 0.25) is 0 Å². The van der Waals surface area contributed by atoms with Crippen LogP contribution in [0.1, 0.15) is 27.7 Å². The van der Waals surface area contributed by atoms with E-state index in [-0.39, 0.29) is 23.0 Å². The standard InChI is InChI=1S/C8H15BO2/c1-7(2)5(10)8(3,4)6(7)11-9/h5-6,10H,1-4H3. The van der Waals surface area contributed by atoms with Gasteiger partial charge in [0.15, 0.2) is 0 Å². The quantitative estimate of drug-likeness (QED) is 0.568. The van der Waals surface area contributed by atoms with E-state index in [9.17, 15) is 5.11 Å². The van der Waals surface area contributed by atoms with Crippen LogP contribution in [0.2, 0.25) is 0 Å². The first-order valence-electron chi connectivity index (χ1n) is 3.88. The van der Waals surface area contributed by atoms with Gasteiger partial charge in [-0.3, -0.25) is 0 Å². The van der Waals surface area contributed by atoms with E-state index in [4.69, 9.17) is 12.7 Å². The van der Waals surface area contributed by atoms with Crippen LogP contribution >= 0.6 is 0 Å². The van der Waals surface area contributed by atoms with E-state index in [1.807, 2.05) is 27.7 Å². The molecule has 0 aromatic rings. The molecule has 0 atom stereocenters. The summed E-state index contributed by atoms with van der Waals surface area (Å²) in [7, 11) is 5.14. The maximum absolute atomic E-state index is 9.67. The zero-order chi connectivity index (χ0) is 8.86. The Morgan fingerprint density at radius 1 is 1.18 bits per heavy atom. The fourth-order valence-corrected chi connectivity index (χ4v) is 2.46. The van der Waals surface area contributed by atoms with Crippen molar-refractivity contribution in [1.82, 2.24) is 0 Å². The predicted octanol–water partition coefficient (Wildman–Crippen LogP) is 0.882. The van der Waals surface area contributed by atoms with Gasteiger partial charge in [-0.05, 0) is 0 Å². The number of hydrogen-bond donors (Lipinski definition) is 1. The first-order valence-corrected chi connectivity index (χ1v) is 3.88. The molecule has 2 nitrogen and oxygen atoms in total. The van der Waals surface area contributed by atoms with Crippen molar-refractivity contribution in [2.75, 3.05) is 0 Å². The molecule has 1 aliphatic carbocycles. The first-order chi connectivity index (χ1) is 4.85. The van der Waals surface area contributed by atoms with Gasteiger partial charge in [0, 0.05) is 10.8 Å². The largest absolute Gasteiger partial charge is 0.444 e. The molecule has 1 aliphatic rings. The fourth-order valence-electron chi connectivity index (χ4n) is 2.46. The van der Waals surface area contributed by atoms with E-state index < -0.39 is 0 Å². The van der Waals surface area contributed by atoms with Crippen LogP contribution in [0, 0.1) is 10.8 Å². The van der Waals surface area contributed by atoms with Crippen LogP contribution in [-0.4, -0.2) is 25.4 Å². The minimum absolute atomic E-state index is 0.0509. The highest BCUT2D eigenvalue weighted by Gasteiger charge is 2.61. The van der Waals surface area contributed by atoms with Gasteiger partial charge < -0.3 is 9.76 Å². The topological polar surface area (TPSA) is 29.5 Å². The SMILES string of the molecule is [B]OC1C(C)(C)C(O)C1(C)C. The van der Waals surface area contributed by atoms with Crippen molar-refractivity contribution in [3.05, 3.63) is 0 Å². The Morgan fingerprint density at radius 2 is 1.55 bits per heavy atom. The molecule has 1 N–H and O–H groups in total. The van der Waals surface area contributed by atoms with Gasteiger partial charge in [-0.1, -0.05) is 27.7 Å². The minimum Gasteiger partial charge on any atom is -0.444 e. The summed E-state index contributed by atoms with van der Waals surface area (Å²) in [6.45, 7) is 7.84. The Balaban J connectivity index is 2.79. The Bertz CT molecular complexity index is 149. The van der Waals surface area contributed by atoms with Crippen molar-refractivity contribution in [2.45, 2.75) is 39.9 Å². The number of aliphatic hydroxyl groups excluding tert-OH is 1. The number of aliphatic hydroxyl groups is 1. The smallest absolute Gasteiger partial charge is 0.283 e. The lowest BCUT2D eigenvalue weighted by Gasteiger charge is -2.61. The van der Waals surface area contributed by atoms with E-state index in [0.717, 1.165) is 0 Å². The van der Waals surface area contributed by atoms with E-state index in [1.54, 1.807) is 0 Å². The van der Waals surface area contributed by atoms with Gasteiger partial charge in [-0.2, -0.15) is 0 Å². The van der Waals surface area contributed by atoms with Crippen LogP contribution in [0.3, 0.4) is 0 Å². The summed E-state index contributed by atoms with van der Waals surface area (Å²) in [5, 5.41) is 9.67. The molecule has 1 rings (SSSR count). The molecule has 0 unspecified atom stereocenters. The fraction of sp³-hybridized carbons (Fsp3) is 1.00. The maximum atomic E-state index is 9.67. The zero-order valence-electron chi connectivity index (χ0n) is 7.59. The second kappa shape index (κ2) is 2.24. The molecule has 0 saturated heterocycles. The van der Waals surface area contributed by atoms with Crippen LogP contribution in [0.25, 0.3) is 0 Å². The summed E-state index contributed by atoms with van der Waals surface area (Å²) >= 11 is 0. The van der Waals surface area contributed by atoms with Crippen molar-refractivity contribution in [3.8, 4) is 0 Å². The van der Waals surface area contributed by atoms with Gasteiger partial charge in [-0.25, -0.2) is 0 Å². The third kappa shape index (κ3) is 0.943. The highest BCUT2D eigenvalue weighted by atomic mass is 16.4. The monoisotopic (exact) mass is 154 g/mol. The number of rotatable bonds is 1. The maximum Gasteiger partial charge on any atom is 0.283 e. The average Bonchev–Trinajstić information content (AvgIpc) is 1.86. The summed E-state index contributed by atoms with van der Waals surface area (Å²) in [5.41, 5.74) is -0.420. The average molecular weight is 154 g/mol. The first kappa shape index (κ1) is 9.08. The van der Waals surface area contributed by atoms with E-state index >= 15 is 0 Å². The molecule has 2 radical (unpaired) electrons. The van der Waals surface area contributed by atoms with Crippen molar-refractivity contribution >= 4 is 8.05 Å². The van der Waals surface area contributed by atoms with Crippen molar-refractivity contribution in [3.63, 3.8) is 0 Å². The molecular weight excluding hydrogens is 139 g/mol. The van der Waals surface area contributed by atoms with Gasteiger partial charge in [0.1, 0.15) is 0 Å². The van der Waals surface area contributed by atoms with Gasteiger partial charge in [0.05, 0.1) is 12.2 Å². The van der Waals surface area contributed by atoms with Gasteiger partial charge in [-0.15, -0.1) is 0 Å². The lowest BCUT2D eigenvalue weighted by molar-refractivity contribution is -0.235. The molecular formula is C8H15BO2. The summed E-state index contributed by atoms with van der Waals surface area (Å²) in [6.07, 6.45) is -0.381. The minimum atomic E-state index is -0.330. The summed E-state index contributed by atoms with van der Waals surface area (Å²) in [5.74, 6) is 0. The third-order valence-corrected chi connectivity index (χ3v) is 2.90. The molecule has 0 heterocycles. The van der Waals surface area contributed by atoms with Crippen molar-refractivity contribution in [2.24, 2.45) is 10.8 Å². The van der Waals surface area contributed by atoms with Crippen molar-refractivity contribution < 1.29 is 9.76 Å². The summed E-state index contributed by atoms with van der Waals surface area (Å²) in [6, 6.07) is 0. The van der Waals surface area contributed by atoms with Crippen LogP contribution in [0.5, 0.6) is 0 Å². The lowest BCUT2D eigenvalue weighted by atomic mass is 9.51. The molecule has 0 amide bonds. The van der Waals surface area contributed by atoms with Crippen LogP contribution in [0.15, 0.2) is 0 Å². The second-order valence-electron chi connectivity index (χ2n) is 4.56. The van der Waals surface area contributed by atoms with Crippen LogP contribution in [0.4, 0.5) is 0 Å². The van der Waals surface area contributed by atoms with Crippen LogP contribution in [-0.2, 0) is 4.65 Å². The van der Waals surface area contributed by atoms with Crippen LogP contribution < -0.4 is 0 Å². The molecule has 62 valence electrons. The molecule has 0 spiro atoms. The van der Waals surface area contributed by atoms with Crippen molar-refractivity contribution in [1.29, 1.82) is 0 Å². The molecule has 3 heteroatoms. The van der Waals surface area contributed by atoms with E-state index in [1.165, 1.54) is 0 Å². The third-order valence-electron chi connectivity index (χ3n) is 2.90. The molecule has 11 heavy (non-hydrogen) atoms. The van der Waals surface area contributed by atoms with Gasteiger partial charge in [0.25, 0.3) is 8.05 Å². The molecule has 0 aromatic heterocycles. The molecule has 0 aliphatic heterocycles. The number of hydrogen-bond acceptors (Lipinski definition) is 2. The van der Waals surface area contributed by atoms with Gasteiger partial charge >= 0.3 is 0 Å².